The Labute approximate surface area is 124 Å². The van der Waals surface area contributed by atoms with Crippen molar-refractivity contribution in [3.63, 3.8) is 0 Å². The van der Waals surface area contributed by atoms with E-state index in [1.54, 1.807) is 11.3 Å². The first-order chi connectivity index (χ1) is 9.61. The molecule has 3 rings (SSSR count). The predicted molar refractivity (Wildman–Crippen MR) is 87.5 cm³/mol. The second-order valence-electron chi connectivity index (χ2n) is 5.91. The lowest BCUT2D eigenvalue weighted by Crippen LogP contribution is -2.47. The molecule has 2 aromatic rings. The van der Waals surface area contributed by atoms with Crippen LogP contribution in [0.3, 0.4) is 0 Å². The molecule has 0 bridgehead atoms. The van der Waals surface area contributed by atoms with Crippen molar-refractivity contribution in [2.24, 2.45) is 5.92 Å². The molecule has 1 fully saturated rings. The molecule has 0 amide bonds. The molecule has 5 heteroatoms. The summed E-state index contributed by atoms with van der Waals surface area (Å²) in [7, 11) is 0. The van der Waals surface area contributed by atoms with E-state index < -0.39 is 0 Å². The van der Waals surface area contributed by atoms with Gasteiger partial charge in [-0.25, -0.2) is 4.98 Å². The predicted octanol–water partition coefficient (Wildman–Crippen LogP) is 2.66. The topological polar surface area (TPSA) is 45.4 Å². The van der Waals surface area contributed by atoms with Crippen LogP contribution in [-0.2, 0) is 0 Å². The summed E-state index contributed by atoms with van der Waals surface area (Å²) in [6.45, 7) is 10.2. The number of thiazole rings is 1. The van der Waals surface area contributed by atoms with Crippen LogP contribution >= 0.6 is 11.3 Å². The quantitative estimate of drug-likeness (QED) is 0.883. The van der Waals surface area contributed by atoms with Crippen molar-refractivity contribution in [3.8, 4) is 0 Å². The Bertz CT molecular complexity index is 585. The molecule has 0 spiro atoms. The van der Waals surface area contributed by atoms with Gasteiger partial charge in [0, 0.05) is 38.4 Å². The smallest absolute Gasteiger partial charge is 0.186 e. The van der Waals surface area contributed by atoms with E-state index in [2.05, 4.69) is 23.6 Å². The zero-order chi connectivity index (χ0) is 14.1. The van der Waals surface area contributed by atoms with Gasteiger partial charge in [-0.05, 0) is 24.1 Å². The third-order valence-electron chi connectivity index (χ3n) is 3.67. The SMILES string of the molecule is CC(C)CN1CCN(c2nc3ccc(N)cc3s2)CC1. The number of hydrogen-bond donors (Lipinski definition) is 1. The van der Waals surface area contributed by atoms with Crippen LogP contribution < -0.4 is 10.6 Å². The number of anilines is 2. The maximum atomic E-state index is 5.83. The summed E-state index contributed by atoms with van der Waals surface area (Å²) in [5.74, 6) is 0.743. The molecule has 0 unspecified atom stereocenters. The fourth-order valence-corrected chi connectivity index (χ4v) is 3.77. The number of nitrogens with two attached hydrogens (primary N) is 1. The Hall–Kier alpha value is -1.33. The summed E-state index contributed by atoms with van der Waals surface area (Å²) < 4.78 is 1.18. The first-order valence-electron chi connectivity index (χ1n) is 7.25. The van der Waals surface area contributed by atoms with Crippen molar-refractivity contribution < 1.29 is 0 Å². The second kappa shape index (κ2) is 5.58. The standard InChI is InChI=1S/C15H22N4S/c1-11(2)10-18-5-7-19(8-6-18)15-17-13-4-3-12(16)9-14(13)20-15/h3-4,9,11H,5-8,10,16H2,1-2H3. The van der Waals surface area contributed by atoms with Gasteiger partial charge in [-0.15, -0.1) is 0 Å². The van der Waals surface area contributed by atoms with E-state index in [0.717, 1.165) is 48.4 Å². The van der Waals surface area contributed by atoms with E-state index in [4.69, 9.17) is 10.7 Å². The molecule has 1 aliphatic rings. The first-order valence-corrected chi connectivity index (χ1v) is 8.07. The molecule has 1 aromatic carbocycles. The van der Waals surface area contributed by atoms with E-state index in [0.29, 0.717) is 0 Å². The van der Waals surface area contributed by atoms with Gasteiger partial charge in [-0.2, -0.15) is 0 Å². The summed E-state index contributed by atoms with van der Waals surface area (Å²) in [6, 6.07) is 5.96. The van der Waals surface area contributed by atoms with Gasteiger partial charge in [0.05, 0.1) is 10.2 Å². The maximum Gasteiger partial charge on any atom is 0.186 e. The van der Waals surface area contributed by atoms with Gasteiger partial charge in [0.15, 0.2) is 5.13 Å². The molecule has 2 heterocycles. The van der Waals surface area contributed by atoms with Gasteiger partial charge in [0.2, 0.25) is 0 Å². The minimum Gasteiger partial charge on any atom is -0.399 e. The number of piperazine rings is 1. The molecule has 0 aliphatic carbocycles. The van der Waals surface area contributed by atoms with Crippen LogP contribution in [0.15, 0.2) is 18.2 Å². The minimum absolute atomic E-state index is 0.743. The van der Waals surface area contributed by atoms with Gasteiger partial charge in [-0.3, -0.25) is 4.90 Å². The maximum absolute atomic E-state index is 5.83. The third-order valence-corrected chi connectivity index (χ3v) is 4.75. The molecular weight excluding hydrogens is 268 g/mol. The van der Waals surface area contributed by atoms with E-state index in [-0.39, 0.29) is 0 Å². The van der Waals surface area contributed by atoms with Crippen LogP contribution in [0.25, 0.3) is 10.2 Å². The number of aromatic nitrogens is 1. The molecule has 1 saturated heterocycles. The van der Waals surface area contributed by atoms with Gasteiger partial charge < -0.3 is 10.6 Å². The molecule has 1 aromatic heterocycles. The number of nitrogen functional groups attached to an aromatic ring is 1. The van der Waals surface area contributed by atoms with Crippen molar-refractivity contribution in [2.45, 2.75) is 13.8 Å². The number of nitrogens with zero attached hydrogens (tertiary/aromatic N) is 3. The van der Waals surface area contributed by atoms with Crippen LogP contribution in [0, 0.1) is 5.92 Å². The largest absolute Gasteiger partial charge is 0.399 e. The zero-order valence-corrected chi connectivity index (χ0v) is 13.0. The van der Waals surface area contributed by atoms with Gasteiger partial charge in [-0.1, -0.05) is 25.2 Å². The van der Waals surface area contributed by atoms with Crippen molar-refractivity contribution in [1.82, 2.24) is 9.88 Å². The van der Waals surface area contributed by atoms with E-state index in [9.17, 15) is 0 Å². The van der Waals surface area contributed by atoms with E-state index in [1.165, 1.54) is 11.2 Å². The lowest BCUT2D eigenvalue weighted by Gasteiger charge is -2.35. The van der Waals surface area contributed by atoms with Gasteiger partial charge in [0.25, 0.3) is 0 Å². The molecule has 4 nitrogen and oxygen atoms in total. The Kier molecular flexibility index (Phi) is 3.81. The summed E-state index contributed by atoms with van der Waals surface area (Å²) in [6.07, 6.45) is 0. The highest BCUT2D eigenvalue weighted by molar-refractivity contribution is 7.22. The highest BCUT2D eigenvalue weighted by atomic mass is 32.1. The first kappa shape index (κ1) is 13.6. The highest BCUT2D eigenvalue weighted by Gasteiger charge is 2.20. The Balaban J connectivity index is 1.70. The summed E-state index contributed by atoms with van der Waals surface area (Å²) >= 11 is 1.75. The van der Waals surface area contributed by atoms with Gasteiger partial charge >= 0.3 is 0 Å². The fraction of sp³-hybridized carbons (Fsp3) is 0.533. The fourth-order valence-electron chi connectivity index (χ4n) is 2.70. The molecule has 2 N–H and O–H groups in total. The Morgan fingerprint density at radius 3 is 2.70 bits per heavy atom. The molecule has 0 saturated carbocycles. The third kappa shape index (κ3) is 2.88. The average molecular weight is 290 g/mol. The van der Waals surface area contributed by atoms with Crippen LogP contribution in [0.4, 0.5) is 10.8 Å². The molecule has 108 valence electrons. The molecule has 1 aliphatic heterocycles. The summed E-state index contributed by atoms with van der Waals surface area (Å²) in [4.78, 5) is 9.68. The number of rotatable bonds is 3. The van der Waals surface area contributed by atoms with Crippen molar-refractivity contribution in [1.29, 1.82) is 0 Å². The minimum atomic E-state index is 0.743. The second-order valence-corrected chi connectivity index (χ2v) is 6.91. The summed E-state index contributed by atoms with van der Waals surface area (Å²) in [5, 5.41) is 1.13. The molecule has 0 radical (unpaired) electrons. The molecule has 0 atom stereocenters. The zero-order valence-electron chi connectivity index (χ0n) is 12.2. The lowest BCUT2D eigenvalue weighted by molar-refractivity contribution is 0.231. The molecule has 20 heavy (non-hydrogen) atoms. The van der Waals surface area contributed by atoms with Gasteiger partial charge in [0.1, 0.15) is 0 Å². The Morgan fingerprint density at radius 2 is 2.00 bits per heavy atom. The van der Waals surface area contributed by atoms with Crippen LogP contribution in [0.2, 0.25) is 0 Å². The molecular formula is C15H22N4S. The number of hydrogen-bond acceptors (Lipinski definition) is 5. The lowest BCUT2D eigenvalue weighted by atomic mass is 10.2. The highest BCUT2D eigenvalue weighted by Crippen LogP contribution is 2.30. The van der Waals surface area contributed by atoms with E-state index >= 15 is 0 Å². The monoisotopic (exact) mass is 290 g/mol. The summed E-state index contributed by atoms with van der Waals surface area (Å²) in [5.41, 5.74) is 7.71. The average Bonchev–Trinajstić information content (AvgIpc) is 2.81. The number of fused-ring (bicyclic) bond motifs is 1. The van der Waals surface area contributed by atoms with E-state index in [1.807, 2.05) is 18.2 Å². The Morgan fingerprint density at radius 1 is 1.25 bits per heavy atom. The van der Waals surface area contributed by atoms with Crippen molar-refractivity contribution in [2.75, 3.05) is 43.4 Å². The van der Waals surface area contributed by atoms with Crippen molar-refractivity contribution >= 4 is 32.4 Å². The van der Waals surface area contributed by atoms with Crippen molar-refractivity contribution in [3.05, 3.63) is 18.2 Å². The number of benzene rings is 1. The van der Waals surface area contributed by atoms with Crippen LogP contribution in [0.5, 0.6) is 0 Å². The van der Waals surface area contributed by atoms with Crippen LogP contribution in [0.1, 0.15) is 13.8 Å². The normalized spacial score (nSPS) is 17.2. The van der Waals surface area contributed by atoms with Crippen LogP contribution in [-0.4, -0.2) is 42.6 Å².